The maximum atomic E-state index is 11.9. The van der Waals surface area contributed by atoms with Gasteiger partial charge in [-0.15, -0.1) is 0 Å². The molecule has 114 valence electrons. The molecule has 0 heterocycles. The van der Waals surface area contributed by atoms with Crippen LogP contribution in [0, 0.1) is 0 Å². The Kier molecular flexibility index (Phi) is 5.54. The molecule has 0 aliphatic heterocycles. The van der Waals surface area contributed by atoms with Gasteiger partial charge in [-0.25, -0.2) is 0 Å². The van der Waals surface area contributed by atoms with Gasteiger partial charge in [-0.05, 0) is 31.2 Å². The number of carbonyl (C=O) groups is 2. The molecule has 2 amide bonds. The molecule has 2 aromatic rings. The van der Waals surface area contributed by atoms with Gasteiger partial charge in [0.25, 0.3) is 5.91 Å². The molecule has 0 unspecified atom stereocenters. The number of para-hydroxylation sites is 2. The zero-order valence-corrected chi connectivity index (χ0v) is 12.3. The van der Waals surface area contributed by atoms with Crippen LogP contribution in [0.2, 0.25) is 0 Å². The third-order valence-electron chi connectivity index (χ3n) is 2.91. The molecule has 0 saturated heterocycles. The van der Waals surface area contributed by atoms with Crippen LogP contribution in [-0.2, 0) is 4.79 Å². The van der Waals surface area contributed by atoms with Gasteiger partial charge < -0.3 is 15.4 Å². The molecule has 0 radical (unpaired) electrons. The van der Waals surface area contributed by atoms with Crippen LogP contribution >= 0.6 is 0 Å². The normalized spacial score (nSPS) is 9.86. The van der Waals surface area contributed by atoms with E-state index in [2.05, 4.69) is 10.6 Å². The molecule has 2 aromatic carbocycles. The van der Waals surface area contributed by atoms with Crippen molar-refractivity contribution in [1.29, 1.82) is 0 Å². The number of anilines is 1. The van der Waals surface area contributed by atoms with Gasteiger partial charge in [-0.1, -0.05) is 30.3 Å². The van der Waals surface area contributed by atoms with Crippen molar-refractivity contribution in [2.24, 2.45) is 0 Å². The van der Waals surface area contributed by atoms with E-state index in [1.54, 1.807) is 42.5 Å². The van der Waals surface area contributed by atoms with E-state index in [9.17, 15) is 9.59 Å². The Morgan fingerprint density at radius 1 is 1.00 bits per heavy atom. The summed E-state index contributed by atoms with van der Waals surface area (Å²) in [6.07, 6.45) is 0. The van der Waals surface area contributed by atoms with Gasteiger partial charge in [-0.2, -0.15) is 0 Å². The van der Waals surface area contributed by atoms with E-state index < -0.39 is 0 Å². The maximum Gasteiger partial charge on any atom is 0.251 e. The minimum atomic E-state index is -0.309. The second kappa shape index (κ2) is 7.83. The molecule has 2 rings (SSSR count). The maximum absolute atomic E-state index is 11.9. The molecule has 22 heavy (non-hydrogen) atoms. The number of carbonyl (C=O) groups excluding carboxylic acids is 2. The molecular formula is C17H18N2O3. The van der Waals surface area contributed by atoms with E-state index >= 15 is 0 Å². The molecule has 0 fully saturated rings. The van der Waals surface area contributed by atoms with Gasteiger partial charge in [0.2, 0.25) is 5.91 Å². The summed E-state index contributed by atoms with van der Waals surface area (Å²) in [5.74, 6) is 0.0120. The van der Waals surface area contributed by atoms with E-state index in [4.69, 9.17) is 4.74 Å². The van der Waals surface area contributed by atoms with E-state index in [1.165, 1.54) is 0 Å². The highest BCUT2D eigenvalue weighted by molar-refractivity contribution is 5.99. The van der Waals surface area contributed by atoms with Crippen molar-refractivity contribution in [3.8, 4) is 5.75 Å². The number of rotatable bonds is 6. The minimum Gasteiger partial charge on any atom is -0.492 e. The van der Waals surface area contributed by atoms with Crippen LogP contribution in [0.4, 0.5) is 5.69 Å². The summed E-state index contributed by atoms with van der Waals surface area (Å²) < 4.78 is 5.43. The van der Waals surface area contributed by atoms with Crippen LogP contribution in [0.5, 0.6) is 5.75 Å². The average molecular weight is 298 g/mol. The van der Waals surface area contributed by atoms with Crippen LogP contribution in [-0.4, -0.2) is 25.0 Å². The highest BCUT2D eigenvalue weighted by Gasteiger charge is 2.09. The zero-order valence-electron chi connectivity index (χ0n) is 12.3. The quantitative estimate of drug-likeness (QED) is 0.861. The van der Waals surface area contributed by atoms with Gasteiger partial charge >= 0.3 is 0 Å². The first-order chi connectivity index (χ1) is 10.7. The number of ether oxygens (including phenoxy) is 1. The van der Waals surface area contributed by atoms with Crippen LogP contribution < -0.4 is 15.4 Å². The first-order valence-corrected chi connectivity index (χ1v) is 7.05. The fraction of sp³-hybridized carbons (Fsp3) is 0.176. The van der Waals surface area contributed by atoms with Crippen molar-refractivity contribution in [2.45, 2.75) is 6.92 Å². The molecule has 0 saturated carbocycles. The molecule has 5 heteroatoms. The van der Waals surface area contributed by atoms with Crippen molar-refractivity contribution >= 4 is 17.5 Å². The summed E-state index contributed by atoms with van der Waals surface area (Å²) in [6.45, 7) is 2.28. The molecule has 0 aliphatic rings. The Balaban J connectivity index is 1.90. The van der Waals surface area contributed by atoms with Crippen LogP contribution in [0.1, 0.15) is 17.3 Å². The van der Waals surface area contributed by atoms with Gasteiger partial charge in [0.05, 0.1) is 18.8 Å². The van der Waals surface area contributed by atoms with Crippen molar-refractivity contribution < 1.29 is 14.3 Å². The van der Waals surface area contributed by atoms with Crippen molar-refractivity contribution in [3.05, 3.63) is 60.2 Å². The minimum absolute atomic E-state index is 0.103. The van der Waals surface area contributed by atoms with E-state index in [0.717, 1.165) is 0 Å². The Morgan fingerprint density at radius 2 is 1.68 bits per heavy atom. The van der Waals surface area contributed by atoms with E-state index in [1.807, 2.05) is 19.1 Å². The third-order valence-corrected chi connectivity index (χ3v) is 2.91. The van der Waals surface area contributed by atoms with Crippen molar-refractivity contribution in [2.75, 3.05) is 18.5 Å². The summed E-state index contributed by atoms with van der Waals surface area (Å²) in [5, 5.41) is 5.30. The lowest BCUT2D eigenvalue weighted by molar-refractivity contribution is -0.115. The summed E-state index contributed by atoms with van der Waals surface area (Å²) in [6, 6.07) is 15.9. The largest absolute Gasteiger partial charge is 0.492 e. The van der Waals surface area contributed by atoms with Gasteiger partial charge in [-0.3, -0.25) is 9.59 Å². The van der Waals surface area contributed by atoms with Crippen LogP contribution in [0.15, 0.2) is 54.6 Å². The predicted octanol–water partition coefficient (Wildman–Crippen LogP) is 2.45. The predicted molar refractivity (Wildman–Crippen MR) is 85.0 cm³/mol. The average Bonchev–Trinajstić information content (AvgIpc) is 2.55. The summed E-state index contributed by atoms with van der Waals surface area (Å²) in [4.78, 5) is 23.8. The summed E-state index contributed by atoms with van der Waals surface area (Å²) in [5.41, 5.74) is 1.10. The fourth-order valence-corrected chi connectivity index (χ4v) is 1.90. The lowest BCUT2D eigenvalue weighted by atomic mass is 10.2. The Morgan fingerprint density at radius 3 is 2.41 bits per heavy atom. The first-order valence-electron chi connectivity index (χ1n) is 7.05. The van der Waals surface area contributed by atoms with Gasteiger partial charge in [0.1, 0.15) is 5.75 Å². The van der Waals surface area contributed by atoms with Crippen molar-refractivity contribution in [3.63, 3.8) is 0 Å². The number of hydrogen-bond acceptors (Lipinski definition) is 3. The molecule has 0 aliphatic carbocycles. The van der Waals surface area contributed by atoms with Crippen LogP contribution in [0.3, 0.4) is 0 Å². The number of amides is 2. The smallest absolute Gasteiger partial charge is 0.251 e. The Bertz CT molecular complexity index is 641. The van der Waals surface area contributed by atoms with E-state index in [0.29, 0.717) is 23.6 Å². The SMILES string of the molecule is CCOc1ccccc1NC(=O)CNC(=O)c1ccccc1. The molecule has 0 aromatic heterocycles. The number of nitrogens with one attached hydrogen (secondary N) is 2. The second-order valence-corrected chi connectivity index (χ2v) is 4.53. The molecule has 0 atom stereocenters. The highest BCUT2D eigenvalue weighted by atomic mass is 16.5. The fourth-order valence-electron chi connectivity index (χ4n) is 1.90. The van der Waals surface area contributed by atoms with E-state index in [-0.39, 0.29) is 18.4 Å². The summed E-state index contributed by atoms with van der Waals surface area (Å²) in [7, 11) is 0. The molecular weight excluding hydrogens is 280 g/mol. The lowest BCUT2D eigenvalue weighted by Gasteiger charge is -2.11. The third kappa shape index (κ3) is 4.34. The first kappa shape index (κ1) is 15.6. The molecule has 0 spiro atoms. The van der Waals surface area contributed by atoms with Crippen LogP contribution in [0.25, 0.3) is 0 Å². The van der Waals surface area contributed by atoms with Crippen molar-refractivity contribution in [1.82, 2.24) is 5.32 Å². The topological polar surface area (TPSA) is 67.4 Å². The highest BCUT2D eigenvalue weighted by Crippen LogP contribution is 2.23. The second-order valence-electron chi connectivity index (χ2n) is 4.53. The lowest BCUT2D eigenvalue weighted by Crippen LogP contribution is -2.32. The Hall–Kier alpha value is -2.82. The molecule has 5 nitrogen and oxygen atoms in total. The monoisotopic (exact) mass is 298 g/mol. The number of hydrogen-bond donors (Lipinski definition) is 2. The Labute approximate surface area is 129 Å². The number of benzene rings is 2. The standard InChI is InChI=1S/C17H18N2O3/c1-2-22-15-11-7-6-10-14(15)19-16(20)12-18-17(21)13-8-4-3-5-9-13/h3-11H,2,12H2,1H3,(H,18,21)(H,19,20). The van der Waals surface area contributed by atoms with Gasteiger partial charge in [0.15, 0.2) is 0 Å². The molecule has 0 bridgehead atoms. The molecule has 2 N–H and O–H groups in total. The zero-order chi connectivity index (χ0) is 15.8. The van der Waals surface area contributed by atoms with Gasteiger partial charge in [0, 0.05) is 5.56 Å². The summed E-state index contributed by atoms with van der Waals surface area (Å²) >= 11 is 0.